The van der Waals surface area contributed by atoms with Crippen LogP contribution >= 0.6 is 23.2 Å². The number of para-hydroxylation sites is 1. The number of rotatable bonds is 4. The molecule has 0 atom stereocenters. The molecule has 5 nitrogen and oxygen atoms in total. The predicted molar refractivity (Wildman–Crippen MR) is 94.1 cm³/mol. The van der Waals surface area contributed by atoms with E-state index in [1.807, 2.05) is 0 Å². The van der Waals surface area contributed by atoms with Gasteiger partial charge in [-0.15, -0.1) is 0 Å². The van der Waals surface area contributed by atoms with Gasteiger partial charge in [-0.3, -0.25) is 9.10 Å². The van der Waals surface area contributed by atoms with E-state index in [0.717, 1.165) is 10.6 Å². The summed E-state index contributed by atoms with van der Waals surface area (Å²) in [5, 5.41) is 3.39. The molecular formula is C15H14Cl2N2O3S. The highest BCUT2D eigenvalue weighted by molar-refractivity contribution is 7.92. The van der Waals surface area contributed by atoms with Gasteiger partial charge in [-0.2, -0.15) is 0 Å². The summed E-state index contributed by atoms with van der Waals surface area (Å²) in [4.78, 5) is 12.5. The molecule has 2 aromatic rings. The first-order valence-electron chi connectivity index (χ1n) is 6.49. The molecule has 122 valence electrons. The Hall–Kier alpha value is -1.76. The van der Waals surface area contributed by atoms with Gasteiger partial charge in [-0.05, 0) is 30.3 Å². The fourth-order valence-electron chi connectivity index (χ4n) is 1.90. The van der Waals surface area contributed by atoms with Crippen LogP contribution in [0.1, 0.15) is 10.4 Å². The number of amides is 1. The van der Waals surface area contributed by atoms with Gasteiger partial charge in [0.25, 0.3) is 5.91 Å². The average Bonchev–Trinajstić information content (AvgIpc) is 2.49. The summed E-state index contributed by atoms with van der Waals surface area (Å²) < 4.78 is 24.5. The molecule has 1 N–H and O–H groups in total. The fraction of sp³-hybridized carbons (Fsp3) is 0.133. The molecule has 0 unspecified atom stereocenters. The maximum atomic E-state index is 12.5. The van der Waals surface area contributed by atoms with E-state index in [-0.39, 0.29) is 11.3 Å². The van der Waals surface area contributed by atoms with Crippen molar-refractivity contribution >= 4 is 50.5 Å². The van der Waals surface area contributed by atoms with Crippen molar-refractivity contribution in [3.63, 3.8) is 0 Å². The van der Waals surface area contributed by atoms with E-state index in [9.17, 15) is 13.2 Å². The van der Waals surface area contributed by atoms with Gasteiger partial charge in [0.1, 0.15) is 0 Å². The van der Waals surface area contributed by atoms with Crippen LogP contribution in [0.5, 0.6) is 0 Å². The minimum absolute atomic E-state index is 0.205. The Bertz CT molecular complexity index is 854. The summed E-state index contributed by atoms with van der Waals surface area (Å²) in [6, 6.07) is 11.1. The molecule has 2 rings (SSSR count). The Kier molecular flexibility index (Phi) is 5.19. The van der Waals surface area contributed by atoms with Gasteiger partial charge < -0.3 is 5.32 Å². The molecule has 0 fully saturated rings. The first kappa shape index (κ1) is 17.6. The summed E-state index contributed by atoms with van der Waals surface area (Å²) in [7, 11) is -2.11. The van der Waals surface area contributed by atoms with Crippen LogP contribution in [0.2, 0.25) is 10.0 Å². The quantitative estimate of drug-likeness (QED) is 0.890. The van der Waals surface area contributed by atoms with Crippen molar-refractivity contribution in [1.29, 1.82) is 0 Å². The maximum absolute atomic E-state index is 12.5. The number of nitrogens with zero attached hydrogens (tertiary/aromatic N) is 1. The number of nitrogens with one attached hydrogen (secondary N) is 1. The van der Waals surface area contributed by atoms with Crippen LogP contribution < -0.4 is 9.62 Å². The molecular weight excluding hydrogens is 359 g/mol. The van der Waals surface area contributed by atoms with Crippen molar-refractivity contribution in [2.75, 3.05) is 22.9 Å². The van der Waals surface area contributed by atoms with Crippen molar-refractivity contribution in [3.05, 3.63) is 58.1 Å². The number of hydrogen-bond acceptors (Lipinski definition) is 3. The fourth-order valence-corrected chi connectivity index (χ4v) is 2.76. The van der Waals surface area contributed by atoms with Crippen molar-refractivity contribution in [3.8, 4) is 0 Å². The molecule has 0 aliphatic rings. The van der Waals surface area contributed by atoms with Crippen LogP contribution in [0.25, 0.3) is 0 Å². The smallest absolute Gasteiger partial charge is 0.257 e. The van der Waals surface area contributed by atoms with E-state index in [4.69, 9.17) is 23.2 Å². The summed E-state index contributed by atoms with van der Waals surface area (Å²) >= 11 is 11.9. The van der Waals surface area contributed by atoms with Crippen LogP contribution in [-0.2, 0) is 10.0 Å². The lowest BCUT2D eigenvalue weighted by Crippen LogP contribution is -2.27. The Morgan fingerprint density at radius 3 is 2.43 bits per heavy atom. The van der Waals surface area contributed by atoms with Gasteiger partial charge in [0.2, 0.25) is 10.0 Å². The van der Waals surface area contributed by atoms with Gasteiger partial charge in [-0.1, -0.05) is 35.3 Å². The van der Waals surface area contributed by atoms with Gasteiger partial charge >= 0.3 is 0 Å². The molecule has 0 saturated heterocycles. The summed E-state index contributed by atoms with van der Waals surface area (Å²) in [6.07, 6.45) is 1.07. The van der Waals surface area contributed by atoms with Crippen molar-refractivity contribution in [2.24, 2.45) is 0 Å². The molecule has 0 aliphatic heterocycles. The Balaban J connectivity index is 2.39. The predicted octanol–water partition coefficient (Wildman–Crippen LogP) is 3.64. The summed E-state index contributed by atoms with van der Waals surface area (Å²) in [5.41, 5.74) is 0.822. The molecule has 0 aliphatic carbocycles. The molecule has 8 heteroatoms. The van der Waals surface area contributed by atoms with Gasteiger partial charge in [0, 0.05) is 12.1 Å². The zero-order valence-electron chi connectivity index (χ0n) is 12.4. The topological polar surface area (TPSA) is 66.5 Å². The lowest BCUT2D eigenvalue weighted by atomic mass is 10.1. The zero-order chi connectivity index (χ0) is 17.2. The Labute approximate surface area is 144 Å². The largest absolute Gasteiger partial charge is 0.321 e. The van der Waals surface area contributed by atoms with Crippen LogP contribution in [0.15, 0.2) is 42.5 Å². The lowest BCUT2D eigenvalue weighted by Gasteiger charge is -2.20. The van der Waals surface area contributed by atoms with E-state index >= 15 is 0 Å². The number of carbonyl (C=O) groups is 1. The molecule has 0 heterocycles. The van der Waals surface area contributed by atoms with Gasteiger partial charge in [0.05, 0.1) is 28.2 Å². The minimum Gasteiger partial charge on any atom is -0.321 e. The normalized spacial score (nSPS) is 11.1. The highest BCUT2D eigenvalue weighted by atomic mass is 35.5. The first-order valence-corrected chi connectivity index (χ1v) is 9.10. The summed E-state index contributed by atoms with van der Waals surface area (Å²) in [5.74, 6) is -0.486. The molecule has 0 saturated carbocycles. The average molecular weight is 373 g/mol. The molecule has 0 aromatic heterocycles. The van der Waals surface area contributed by atoms with E-state index in [1.165, 1.54) is 19.2 Å². The number of carbonyl (C=O) groups excluding carboxylic acids is 1. The molecule has 2 aromatic carbocycles. The minimum atomic E-state index is -3.49. The number of anilines is 2. The number of hydrogen-bond donors (Lipinski definition) is 1. The van der Waals surface area contributed by atoms with Crippen LogP contribution in [0.4, 0.5) is 11.4 Å². The molecule has 0 bridgehead atoms. The van der Waals surface area contributed by atoms with Crippen molar-refractivity contribution in [1.82, 2.24) is 0 Å². The third-order valence-electron chi connectivity index (χ3n) is 3.16. The van der Waals surface area contributed by atoms with Crippen molar-refractivity contribution < 1.29 is 13.2 Å². The highest BCUT2D eigenvalue weighted by Gasteiger charge is 2.20. The number of sulfonamides is 1. The molecule has 23 heavy (non-hydrogen) atoms. The SMILES string of the molecule is CN(c1ccccc1C(=O)Nc1cc(Cl)ccc1Cl)S(C)(=O)=O. The van der Waals surface area contributed by atoms with Crippen LogP contribution in [0, 0.1) is 0 Å². The second kappa shape index (κ2) is 6.78. The lowest BCUT2D eigenvalue weighted by molar-refractivity contribution is 0.102. The third kappa shape index (κ3) is 4.16. The molecule has 0 radical (unpaired) electrons. The number of halogens is 2. The van der Waals surface area contributed by atoms with Crippen LogP contribution in [0.3, 0.4) is 0 Å². The van der Waals surface area contributed by atoms with E-state index in [0.29, 0.717) is 15.7 Å². The first-order chi connectivity index (χ1) is 10.7. The maximum Gasteiger partial charge on any atom is 0.257 e. The second-order valence-electron chi connectivity index (χ2n) is 4.83. The second-order valence-corrected chi connectivity index (χ2v) is 7.68. The van der Waals surface area contributed by atoms with E-state index in [1.54, 1.807) is 30.3 Å². The third-order valence-corrected chi connectivity index (χ3v) is 4.92. The standard InChI is InChI=1S/C15H14Cl2N2O3S/c1-19(23(2,21)22)14-6-4-3-5-11(14)15(20)18-13-9-10(16)7-8-12(13)17/h3-9H,1-2H3,(H,18,20). The van der Waals surface area contributed by atoms with E-state index < -0.39 is 15.9 Å². The molecule has 1 amide bonds. The van der Waals surface area contributed by atoms with Crippen LogP contribution in [-0.4, -0.2) is 27.6 Å². The van der Waals surface area contributed by atoms with E-state index in [2.05, 4.69) is 5.32 Å². The Morgan fingerprint density at radius 2 is 1.78 bits per heavy atom. The monoisotopic (exact) mass is 372 g/mol. The van der Waals surface area contributed by atoms with Crippen molar-refractivity contribution in [2.45, 2.75) is 0 Å². The number of benzene rings is 2. The highest BCUT2D eigenvalue weighted by Crippen LogP contribution is 2.27. The van der Waals surface area contributed by atoms with Gasteiger partial charge in [0.15, 0.2) is 0 Å². The van der Waals surface area contributed by atoms with Gasteiger partial charge in [-0.25, -0.2) is 8.42 Å². The molecule has 0 spiro atoms. The zero-order valence-corrected chi connectivity index (χ0v) is 14.7. The summed E-state index contributed by atoms with van der Waals surface area (Å²) in [6.45, 7) is 0. The Morgan fingerprint density at radius 1 is 1.13 bits per heavy atom.